The summed E-state index contributed by atoms with van der Waals surface area (Å²) in [4.78, 5) is 0. The predicted octanol–water partition coefficient (Wildman–Crippen LogP) is 3.07. The first-order chi connectivity index (χ1) is 8.85. The van der Waals surface area contributed by atoms with Crippen molar-refractivity contribution in [2.45, 2.75) is 19.4 Å². The maximum Gasteiger partial charge on any atom is 0.231 e. The van der Waals surface area contributed by atoms with Crippen LogP contribution in [0.15, 0.2) is 30.9 Å². The summed E-state index contributed by atoms with van der Waals surface area (Å²) in [5, 5.41) is 0. The SMILES string of the molecule is C=CCCOC(C#CC)c1ccc2c(c1)OCO2. The third kappa shape index (κ3) is 2.85. The Morgan fingerprint density at radius 1 is 1.44 bits per heavy atom. The summed E-state index contributed by atoms with van der Waals surface area (Å²) < 4.78 is 16.4. The van der Waals surface area contributed by atoms with E-state index in [0.717, 1.165) is 23.5 Å². The molecule has 2 rings (SSSR count). The zero-order chi connectivity index (χ0) is 12.8. The molecular formula is C15H16O3. The van der Waals surface area contributed by atoms with Crippen molar-refractivity contribution in [3.63, 3.8) is 0 Å². The summed E-state index contributed by atoms with van der Waals surface area (Å²) in [5.74, 6) is 7.46. The van der Waals surface area contributed by atoms with E-state index in [1.54, 1.807) is 6.92 Å². The molecule has 0 fully saturated rings. The Balaban J connectivity index is 2.13. The lowest BCUT2D eigenvalue weighted by Crippen LogP contribution is -2.03. The van der Waals surface area contributed by atoms with Crippen LogP contribution in [-0.2, 0) is 4.74 Å². The smallest absolute Gasteiger partial charge is 0.231 e. The zero-order valence-corrected chi connectivity index (χ0v) is 10.4. The van der Waals surface area contributed by atoms with Gasteiger partial charge in [0.2, 0.25) is 6.79 Å². The highest BCUT2D eigenvalue weighted by atomic mass is 16.7. The molecule has 94 valence electrons. The number of benzene rings is 1. The van der Waals surface area contributed by atoms with Crippen molar-refractivity contribution in [3.05, 3.63) is 36.4 Å². The predicted molar refractivity (Wildman–Crippen MR) is 69.5 cm³/mol. The molecule has 18 heavy (non-hydrogen) atoms. The van der Waals surface area contributed by atoms with Gasteiger partial charge in [0, 0.05) is 0 Å². The van der Waals surface area contributed by atoms with Gasteiger partial charge in [0.15, 0.2) is 11.5 Å². The molecule has 1 aliphatic heterocycles. The van der Waals surface area contributed by atoms with Crippen LogP contribution in [0.1, 0.15) is 25.0 Å². The first kappa shape index (κ1) is 12.5. The molecule has 0 aliphatic carbocycles. The van der Waals surface area contributed by atoms with Crippen molar-refractivity contribution in [1.29, 1.82) is 0 Å². The highest BCUT2D eigenvalue weighted by Crippen LogP contribution is 2.34. The number of hydrogen-bond donors (Lipinski definition) is 0. The summed E-state index contributed by atoms with van der Waals surface area (Å²) in [7, 11) is 0. The quantitative estimate of drug-likeness (QED) is 0.452. The van der Waals surface area contributed by atoms with Crippen LogP contribution >= 0.6 is 0 Å². The van der Waals surface area contributed by atoms with Crippen LogP contribution in [0.3, 0.4) is 0 Å². The normalized spacial score (nSPS) is 13.6. The average Bonchev–Trinajstić information content (AvgIpc) is 2.85. The first-order valence-corrected chi connectivity index (χ1v) is 5.89. The van der Waals surface area contributed by atoms with Gasteiger partial charge in [-0.25, -0.2) is 0 Å². The number of fused-ring (bicyclic) bond motifs is 1. The number of rotatable bonds is 5. The molecule has 1 aliphatic rings. The fourth-order valence-corrected chi connectivity index (χ4v) is 1.70. The van der Waals surface area contributed by atoms with Crippen LogP contribution in [0, 0.1) is 11.8 Å². The molecule has 1 unspecified atom stereocenters. The molecule has 0 saturated heterocycles. The molecule has 0 radical (unpaired) electrons. The van der Waals surface area contributed by atoms with E-state index in [0.29, 0.717) is 6.61 Å². The van der Waals surface area contributed by atoms with Gasteiger partial charge in [-0.1, -0.05) is 18.1 Å². The Labute approximate surface area is 107 Å². The minimum Gasteiger partial charge on any atom is -0.454 e. The lowest BCUT2D eigenvalue weighted by molar-refractivity contribution is 0.0954. The number of ether oxygens (including phenoxy) is 3. The first-order valence-electron chi connectivity index (χ1n) is 5.89. The molecule has 0 bridgehead atoms. The van der Waals surface area contributed by atoms with Gasteiger partial charge >= 0.3 is 0 Å². The van der Waals surface area contributed by atoms with Crippen LogP contribution < -0.4 is 9.47 Å². The molecule has 1 atom stereocenters. The minimum absolute atomic E-state index is 0.232. The Bertz CT molecular complexity index is 482. The number of hydrogen-bond acceptors (Lipinski definition) is 3. The van der Waals surface area contributed by atoms with Gasteiger partial charge < -0.3 is 14.2 Å². The van der Waals surface area contributed by atoms with E-state index in [1.807, 2.05) is 24.3 Å². The second-order valence-corrected chi connectivity index (χ2v) is 3.84. The van der Waals surface area contributed by atoms with Crippen molar-refractivity contribution >= 4 is 0 Å². The average molecular weight is 244 g/mol. The molecule has 0 saturated carbocycles. The highest BCUT2D eigenvalue weighted by molar-refractivity contribution is 5.46. The monoisotopic (exact) mass is 244 g/mol. The summed E-state index contributed by atoms with van der Waals surface area (Å²) >= 11 is 0. The van der Waals surface area contributed by atoms with E-state index < -0.39 is 0 Å². The molecule has 3 heteroatoms. The Kier molecular flexibility index (Phi) is 4.27. The summed E-state index contributed by atoms with van der Waals surface area (Å²) in [6, 6.07) is 5.76. The van der Waals surface area contributed by atoms with E-state index in [9.17, 15) is 0 Å². The van der Waals surface area contributed by atoms with Crippen molar-refractivity contribution < 1.29 is 14.2 Å². The van der Waals surface area contributed by atoms with Gasteiger partial charge in [0.25, 0.3) is 0 Å². The molecule has 0 spiro atoms. The lowest BCUT2D eigenvalue weighted by Gasteiger charge is -2.12. The lowest BCUT2D eigenvalue weighted by atomic mass is 10.1. The van der Waals surface area contributed by atoms with Crippen LogP contribution in [0.4, 0.5) is 0 Å². The third-order valence-electron chi connectivity index (χ3n) is 2.58. The largest absolute Gasteiger partial charge is 0.454 e. The van der Waals surface area contributed by atoms with Gasteiger partial charge in [0.05, 0.1) is 6.61 Å². The third-order valence-corrected chi connectivity index (χ3v) is 2.58. The second kappa shape index (κ2) is 6.13. The maximum atomic E-state index is 5.73. The highest BCUT2D eigenvalue weighted by Gasteiger charge is 2.17. The van der Waals surface area contributed by atoms with Crippen molar-refractivity contribution in [2.24, 2.45) is 0 Å². The van der Waals surface area contributed by atoms with Crippen LogP contribution in [0.2, 0.25) is 0 Å². The fraction of sp³-hybridized carbons (Fsp3) is 0.333. The van der Waals surface area contributed by atoms with Gasteiger partial charge in [-0.05, 0) is 31.0 Å². The van der Waals surface area contributed by atoms with Crippen molar-refractivity contribution in [3.8, 4) is 23.3 Å². The van der Waals surface area contributed by atoms with Crippen LogP contribution in [0.5, 0.6) is 11.5 Å². The summed E-state index contributed by atoms with van der Waals surface area (Å²) in [6.45, 7) is 6.36. The maximum absolute atomic E-state index is 5.73. The molecule has 1 heterocycles. The fourth-order valence-electron chi connectivity index (χ4n) is 1.70. The second-order valence-electron chi connectivity index (χ2n) is 3.84. The molecule has 0 N–H and O–H groups in total. The van der Waals surface area contributed by atoms with E-state index in [2.05, 4.69) is 18.4 Å². The van der Waals surface area contributed by atoms with E-state index in [1.165, 1.54) is 0 Å². The molecule has 1 aromatic rings. The van der Waals surface area contributed by atoms with Crippen molar-refractivity contribution in [1.82, 2.24) is 0 Å². The van der Waals surface area contributed by atoms with Gasteiger partial charge in [-0.2, -0.15) is 0 Å². The summed E-state index contributed by atoms with van der Waals surface area (Å²) in [6.07, 6.45) is 2.41. The van der Waals surface area contributed by atoms with Crippen LogP contribution in [0.25, 0.3) is 0 Å². The molecule has 1 aromatic carbocycles. The van der Waals surface area contributed by atoms with Gasteiger partial charge in [0.1, 0.15) is 6.10 Å². The van der Waals surface area contributed by atoms with E-state index in [-0.39, 0.29) is 12.9 Å². The van der Waals surface area contributed by atoms with Gasteiger partial charge in [-0.3, -0.25) is 0 Å². The topological polar surface area (TPSA) is 27.7 Å². The van der Waals surface area contributed by atoms with E-state index >= 15 is 0 Å². The molecule has 3 nitrogen and oxygen atoms in total. The van der Waals surface area contributed by atoms with E-state index in [4.69, 9.17) is 14.2 Å². The Hall–Kier alpha value is -1.92. The summed E-state index contributed by atoms with van der Waals surface area (Å²) in [5.41, 5.74) is 0.984. The molecule has 0 aromatic heterocycles. The molecular weight excluding hydrogens is 228 g/mol. The van der Waals surface area contributed by atoms with Crippen LogP contribution in [-0.4, -0.2) is 13.4 Å². The Morgan fingerprint density at radius 3 is 3.06 bits per heavy atom. The standard InChI is InChI=1S/C15H16O3/c1-3-5-9-16-13(6-4-2)12-7-8-14-15(10-12)18-11-17-14/h3,7-8,10,13H,1,5,9,11H2,2H3. The zero-order valence-electron chi connectivity index (χ0n) is 10.4. The Morgan fingerprint density at radius 2 is 2.28 bits per heavy atom. The molecule has 0 amide bonds. The van der Waals surface area contributed by atoms with Gasteiger partial charge in [-0.15, -0.1) is 12.5 Å². The minimum atomic E-state index is -0.232. The van der Waals surface area contributed by atoms with Crippen molar-refractivity contribution in [2.75, 3.05) is 13.4 Å².